The second kappa shape index (κ2) is 5.80. The highest BCUT2D eigenvalue weighted by Gasteiger charge is 2.22. The van der Waals surface area contributed by atoms with Crippen LogP contribution in [0.25, 0.3) is 0 Å². The molecule has 5 nitrogen and oxygen atoms in total. The maximum absolute atomic E-state index is 11.2. The van der Waals surface area contributed by atoms with E-state index in [1.54, 1.807) is 11.9 Å². The minimum Gasteiger partial charge on any atom is -0.342 e. The highest BCUT2D eigenvalue weighted by atomic mass is 35.5. The standard InChI is InChI=1S/C9H16ClN3O2/c1-11-9(15)12-7-2-4-13(5-3-7)8(14)6-10/h7H,2-6H2,1H3,(H2,11,12,15). The molecule has 2 N–H and O–H groups in total. The maximum Gasteiger partial charge on any atom is 0.314 e. The molecule has 1 fully saturated rings. The van der Waals surface area contributed by atoms with Crippen LogP contribution >= 0.6 is 11.6 Å². The van der Waals surface area contributed by atoms with Gasteiger partial charge in [0.2, 0.25) is 5.91 Å². The number of piperidine rings is 1. The molecule has 1 rings (SSSR count). The molecule has 1 aliphatic rings. The molecule has 1 heterocycles. The number of carbonyl (C=O) groups is 2. The van der Waals surface area contributed by atoms with Gasteiger partial charge in [-0.1, -0.05) is 0 Å². The second-order valence-electron chi connectivity index (χ2n) is 3.51. The minimum atomic E-state index is -0.169. The van der Waals surface area contributed by atoms with E-state index in [2.05, 4.69) is 10.6 Å². The van der Waals surface area contributed by atoms with Crippen LogP contribution in [0.15, 0.2) is 0 Å². The topological polar surface area (TPSA) is 61.4 Å². The van der Waals surface area contributed by atoms with Crippen molar-refractivity contribution in [3.05, 3.63) is 0 Å². The number of urea groups is 1. The quantitative estimate of drug-likeness (QED) is 0.667. The smallest absolute Gasteiger partial charge is 0.314 e. The van der Waals surface area contributed by atoms with Gasteiger partial charge in [0.25, 0.3) is 0 Å². The molecule has 0 spiro atoms. The Morgan fingerprint density at radius 3 is 2.47 bits per heavy atom. The molecule has 1 aliphatic heterocycles. The second-order valence-corrected chi connectivity index (χ2v) is 3.78. The summed E-state index contributed by atoms with van der Waals surface area (Å²) in [6, 6.07) is -0.0126. The minimum absolute atomic E-state index is 0.0324. The first kappa shape index (κ1) is 12.1. The molecule has 0 aliphatic carbocycles. The predicted octanol–water partition coefficient (Wildman–Crippen LogP) is 0.145. The fourth-order valence-corrected chi connectivity index (χ4v) is 1.78. The number of nitrogens with zero attached hydrogens (tertiary/aromatic N) is 1. The lowest BCUT2D eigenvalue weighted by molar-refractivity contribution is -0.129. The fourth-order valence-electron chi connectivity index (χ4n) is 1.62. The molecule has 0 saturated carbocycles. The summed E-state index contributed by atoms with van der Waals surface area (Å²) in [5, 5.41) is 5.33. The lowest BCUT2D eigenvalue weighted by Gasteiger charge is -2.31. The lowest BCUT2D eigenvalue weighted by atomic mass is 10.1. The lowest BCUT2D eigenvalue weighted by Crippen LogP contribution is -2.48. The molecular weight excluding hydrogens is 218 g/mol. The molecule has 15 heavy (non-hydrogen) atoms. The normalized spacial score (nSPS) is 17.3. The van der Waals surface area contributed by atoms with Crippen molar-refractivity contribution >= 4 is 23.5 Å². The van der Waals surface area contributed by atoms with Crippen molar-refractivity contribution in [3.63, 3.8) is 0 Å². The van der Waals surface area contributed by atoms with E-state index in [4.69, 9.17) is 11.6 Å². The Labute approximate surface area is 94.1 Å². The number of rotatable bonds is 2. The van der Waals surface area contributed by atoms with Gasteiger partial charge in [-0.15, -0.1) is 11.6 Å². The van der Waals surface area contributed by atoms with Gasteiger partial charge in [-0.2, -0.15) is 0 Å². The molecule has 86 valence electrons. The molecular formula is C9H16ClN3O2. The van der Waals surface area contributed by atoms with Crippen molar-refractivity contribution in [1.82, 2.24) is 15.5 Å². The maximum atomic E-state index is 11.2. The Hall–Kier alpha value is -0.970. The van der Waals surface area contributed by atoms with Gasteiger partial charge in [0, 0.05) is 26.2 Å². The number of nitrogens with one attached hydrogen (secondary N) is 2. The van der Waals surface area contributed by atoms with Crippen LogP contribution in [0.2, 0.25) is 0 Å². The summed E-state index contributed by atoms with van der Waals surface area (Å²) in [5.74, 6) is 0.00291. The Morgan fingerprint density at radius 1 is 1.40 bits per heavy atom. The first-order valence-electron chi connectivity index (χ1n) is 4.99. The van der Waals surface area contributed by atoms with E-state index in [-0.39, 0.29) is 23.9 Å². The summed E-state index contributed by atoms with van der Waals surface area (Å²) >= 11 is 5.46. The average Bonchev–Trinajstić information content (AvgIpc) is 2.29. The van der Waals surface area contributed by atoms with Crippen LogP contribution in [-0.2, 0) is 4.79 Å². The molecule has 0 unspecified atom stereocenters. The first-order chi connectivity index (χ1) is 7.17. The number of hydrogen-bond donors (Lipinski definition) is 2. The van der Waals surface area contributed by atoms with Gasteiger partial charge in [-0.05, 0) is 12.8 Å². The summed E-state index contributed by atoms with van der Waals surface area (Å²) in [5.41, 5.74) is 0. The Bertz CT molecular complexity index is 240. The first-order valence-corrected chi connectivity index (χ1v) is 5.52. The zero-order valence-corrected chi connectivity index (χ0v) is 9.51. The van der Waals surface area contributed by atoms with Crippen molar-refractivity contribution < 1.29 is 9.59 Å². The van der Waals surface area contributed by atoms with Gasteiger partial charge < -0.3 is 15.5 Å². The summed E-state index contributed by atoms with van der Waals surface area (Å²) in [7, 11) is 1.58. The van der Waals surface area contributed by atoms with E-state index in [1.165, 1.54) is 0 Å². The predicted molar refractivity (Wildman–Crippen MR) is 57.9 cm³/mol. The van der Waals surface area contributed by atoms with E-state index in [0.717, 1.165) is 12.8 Å². The van der Waals surface area contributed by atoms with Crippen molar-refractivity contribution in [2.75, 3.05) is 26.0 Å². The van der Waals surface area contributed by atoms with Gasteiger partial charge in [0.05, 0.1) is 0 Å². The van der Waals surface area contributed by atoms with Crippen molar-refractivity contribution in [2.45, 2.75) is 18.9 Å². The van der Waals surface area contributed by atoms with Crippen LogP contribution in [-0.4, -0.2) is 48.9 Å². The molecule has 0 aromatic carbocycles. The van der Waals surface area contributed by atoms with Crippen molar-refractivity contribution in [3.8, 4) is 0 Å². The van der Waals surface area contributed by atoms with Crippen LogP contribution in [0.3, 0.4) is 0 Å². The van der Waals surface area contributed by atoms with Crippen LogP contribution in [0.1, 0.15) is 12.8 Å². The molecule has 0 atom stereocenters. The molecule has 3 amide bonds. The van der Waals surface area contributed by atoms with Crippen LogP contribution in [0.4, 0.5) is 4.79 Å². The molecule has 0 radical (unpaired) electrons. The molecule has 0 aromatic rings. The zero-order valence-electron chi connectivity index (χ0n) is 8.75. The summed E-state index contributed by atoms with van der Waals surface area (Å²) in [6.45, 7) is 1.33. The van der Waals surface area contributed by atoms with Crippen LogP contribution in [0, 0.1) is 0 Å². The molecule has 1 saturated heterocycles. The number of hydrogen-bond acceptors (Lipinski definition) is 2. The molecule has 6 heteroatoms. The van der Waals surface area contributed by atoms with E-state index in [9.17, 15) is 9.59 Å². The highest BCUT2D eigenvalue weighted by Crippen LogP contribution is 2.10. The van der Waals surface area contributed by atoms with Gasteiger partial charge in [-0.25, -0.2) is 4.79 Å². The van der Waals surface area contributed by atoms with Crippen LogP contribution < -0.4 is 10.6 Å². The zero-order chi connectivity index (χ0) is 11.3. The Morgan fingerprint density at radius 2 is 2.00 bits per heavy atom. The van der Waals surface area contributed by atoms with Gasteiger partial charge >= 0.3 is 6.03 Å². The average molecular weight is 234 g/mol. The Kier molecular flexibility index (Phi) is 4.68. The van der Waals surface area contributed by atoms with Crippen molar-refractivity contribution in [2.24, 2.45) is 0 Å². The largest absolute Gasteiger partial charge is 0.342 e. The number of carbonyl (C=O) groups excluding carboxylic acids is 2. The highest BCUT2D eigenvalue weighted by molar-refractivity contribution is 6.27. The van der Waals surface area contributed by atoms with E-state index in [1.807, 2.05) is 0 Å². The third-order valence-electron chi connectivity index (χ3n) is 2.52. The Balaban J connectivity index is 2.29. The van der Waals surface area contributed by atoms with Gasteiger partial charge in [0.1, 0.15) is 5.88 Å². The van der Waals surface area contributed by atoms with E-state index >= 15 is 0 Å². The number of alkyl halides is 1. The van der Waals surface area contributed by atoms with Gasteiger partial charge in [0.15, 0.2) is 0 Å². The molecule has 0 aromatic heterocycles. The number of likely N-dealkylation sites (tertiary alicyclic amines) is 1. The third-order valence-corrected chi connectivity index (χ3v) is 2.75. The van der Waals surface area contributed by atoms with Gasteiger partial charge in [-0.3, -0.25) is 4.79 Å². The third kappa shape index (κ3) is 3.58. The number of halogens is 1. The summed E-state index contributed by atoms with van der Waals surface area (Å²) in [6.07, 6.45) is 1.58. The van der Waals surface area contributed by atoms with E-state index in [0.29, 0.717) is 13.1 Å². The SMILES string of the molecule is CNC(=O)NC1CCN(C(=O)CCl)CC1. The monoisotopic (exact) mass is 233 g/mol. The van der Waals surface area contributed by atoms with Crippen LogP contribution in [0.5, 0.6) is 0 Å². The summed E-state index contributed by atoms with van der Waals surface area (Å²) in [4.78, 5) is 24.0. The molecule has 0 bridgehead atoms. The summed E-state index contributed by atoms with van der Waals surface area (Å²) < 4.78 is 0. The number of amides is 3. The fraction of sp³-hybridized carbons (Fsp3) is 0.778. The van der Waals surface area contributed by atoms with Crippen molar-refractivity contribution in [1.29, 1.82) is 0 Å². The van der Waals surface area contributed by atoms with E-state index < -0.39 is 0 Å².